The van der Waals surface area contributed by atoms with Gasteiger partial charge in [-0.05, 0) is 25.8 Å². The average molecular weight is 208 g/mol. The van der Waals surface area contributed by atoms with Gasteiger partial charge in [0.25, 0.3) is 0 Å². The molecule has 1 aliphatic rings. The van der Waals surface area contributed by atoms with Crippen molar-refractivity contribution in [3.05, 3.63) is 12.7 Å². The molecule has 1 aliphatic heterocycles. The van der Waals surface area contributed by atoms with Gasteiger partial charge in [-0.15, -0.1) is 6.58 Å². The van der Waals surface area contributed by atoms with Gasteiger partial charge >= 0.3 is 0 Å². The van der Waals surface area contributed by atoms with Crippen LogP contribution in [0.4, 0.5) is 0 Å². The summed E-state index contributed by atoms with van der Waals surface area (Å²) in [5.74, 6) is 0. The summed E-state index contributed by atoms with van der Waals surface area (Å²) in [5, 5.41) is 8.92. The third-order valence-corrected chi connectivity index (χ3v) is 2.74. The van der Waals surface area contributed by atoms with Gasteiger partial charge in [0.1, 0.15) is 6.04 Å². The fourth-order valence-electron chi connectivity index (χ4n) is 1.80. The molecule has 0 aliphatic carbocycles. The fraction of sp³-hybridized carbons (Fsp3) is 0.750. The summed E-state index contributed by atoms with van der Waals surface area (Å²) in [6.07, 6.45) is 6.68. The van der Waals surface area contributed by atoms with Crippen molar-refractivity contribution in [2.75, 3.05) is 26.3 Å². The molecule has 0 N–H and O–H groups in total. The second kappa shape index (κ2) is 7.44. The number of unbranched alkanes of at least 4 members (excludes halogenated alkanes) is 3. The molecule has 1 saturated heterocycles. The third-order valence-electron chi connectivity index (χ3n) is 2.74. The van der Waals surface area contributed by atoms with Crippen molar-refractivity contribution in [1.82, 2.24) is 4.90 Å². The minimum Gasteiger partial charge on any atom is -0.377 e. The first-order chi connectivity index (χ1) is 7.38. The molecule has 3 nitrogen and oxygen atoms in total. The molecule has 84 valence electrons. The molecule has 0 aromatic carbocycles. The SMILES string of the molecule is C=CCCCCCN1CCOC[C@@H]1C#N. The molecule has 0 radical (unpaired) electrons. The van der Waals surface area contributed by atoms with Gasteiger partial charge in [0.05, 0.1) is 19.3 Å². The predicted molar refractivity (Wildman–Crippen MR) is 60.5 cm³/mol. The lowest BCUT2D eigenvalue weighted by Crippen LogP contribution is -2.44. The summed E-state index contributed by atoms with van der Waals surface area (Å²) in [6, 6.07) is 2.26. The standard InChI is InChI=1S/C12H20N2O/c1-2-3-4-5-6-7-14-8-9-15-11-12(14)10-13/h2,12H,1,3-9,11H2/t12-/m0/s1. The molecule has 3 heteroatoms. The Hall–Kier alpha value is -0.850. The highest BCUT2D eigenvalue weighted by atomic mass is 16.5. The van der Waals surface area contributed by atoms with Crippen molar-refractivity contribution in [2.45, 2.75) is 31.7 Å². The van der Waals surface area contributed by atoms with Crippen LogP contribution in [-0.2, 0) is 4.74 Å². The van der Waals surface area contributed by atoms with Crippen LogP contribution in [0.2, 0.25) is 0 Å². The van der Waals surface area contributed by atoms with Gasteiger partial charge in [0.2, 0.25) is 0 Å². The molecular formula is C12H20N2O. The van der Waals surface area contributed by atoms with Gasteiger partial charge in [0, 0.05) is 6.54 Å². The molecule has 0 aromatic heterocycles. The lowest BCUT2D eigenvalue weighted by Gasteiger charge is -2.31. The van der Waals surface area contributed by atoms with E-state index in [0.29, 0.717) is 6.61 Å². The van der Waals surface area contributed by atoms with E-state index in [1.807, 2.05) is 6.08 Å². The van der Waals surface area contributed by atoms with Crippen LogP contribution >= 0.6 is 0 Å². The highest BCUT2D eigenvalue weighted by Crippen LogP contribution is 2.09. The molecular weight excluding hydrogens is 188 g/mol. The van der Waals surface area contributed by atoms with E-state index in [0.717, 1.165) is 26.1 Å². The van der Waals surface area contributed by atoms with Gasteiger partial charge in [-0.3, -0.25) is 4.90 Å². The Balaban J connectivity index is 2.13. The third kappa shape index (κ3) is 4.46. The largest absolute Gasteiger partial charge is 0.377 e. The quantitative estimate of drug-likeness (QED) is 0.494. The molecule has 0 aromatic rings. The van der Waals surface area contributed by atoms with Gasteiger partial charge in [-0.1, -0.05) is 12.5 Å². The van der Waals surface area contributed by atoms with E-state index >= 15 is 0 Å². The number of nitriles is 1. The van der Waals surface area contributed by atoms with Crippen LogP contribution in [0.15, 0.2) is 12.7 Å². The Bertz CT molecular complexity index is 222. The van der Waals surface area contributed by atoms with Crippen molar-refractivity contribution in [3.63, 3.8) is 0 Å². The summed E-state index contributed by atoms with van der Waals surface area (Å²) in [5.41, 5.74) is 0. The fourth-order valence-corrected chi connectivity index (χ4v) is 1.80. The number of hydrogen-bond acceptors (Lipinski definition) is 3. The van der Waals surface area contributed by atoms with E-state index in [4.69, 9.17) is 10.00 Å². The maximum atomic E-state index is 8.92. The minimum absolute atomic E-state index is 0.0295. The van der Waals surface area contributed by atoms with E-state index in [-0.39, 0.29) is 6.04 Å². The molecule has 1 heterocycles. The summed E-state index contributed by atoms with van der Waals surface area (Å²) in [7, 11) is 0. The molecule has 1 rings (SSSR count). The molecule has 1 atom stereocenters. The van der Waals surface area contributed by atoms with Crippen molar-refractivity contribution in [2.24, 2.45) is 0 Å². The Morgan fingerprint density at radius 3 is 3.07 bits per heavy atom. The first-order valence-electron chi connectivity index (χ1n) is 5.71. The summed E-state index contributed by atoms with van der Waals surface area (Å²) in [4.78, 5) is 2.23. The lowest BCUT2D eigenvalue weighted by molar-refractivity contribution is 0.0122. The van der Waals surface area contributed by atoms with Crippen LogP contribution in [0, 0.1) is 11.3 Å². The molecule has 15 heavy (non-hydrogen) atoms. The van der Waals surface area contributed by atoms with Gasteiger partial charge < -0.3 is 4.74 Å². The van der Waals surface area contributed by atoms with E-state index in [1.165, 1.54) is 19.3 Å². The average Bonchev–Trinajstić information content (AvgIpc) is 2.29. The van der Waals surface area contributed by atoms with Crippen LogP contribution in [0.1, 0.15) is 25.7 Å². The van der Waals surface area contributed by atoms with E-state index in [1.54, 1.807) is 0 Å². The zero-order chi connectivity index (χ0) is 10.9. The van der Waals surface area contributed by atoms with E-state index in [9.17, 15) is 0 Å². The number of hydrogen-bond donors (Lipinski definition) is 0. The normalized spacial score (nSPS) is 22.2. The highest BCUT2D eigenvalue weighted by Gasteiger charge is 2.21. The molecule has 0 unspecified atom stereocenters. The Morgan fingerprint density at radius 2 is 2.33 bits per heavy atom. The maximum absolute atomic E-state index is 8.92. The molecule has 0 spiro atoms. The Labute approximate surface area is 92.3 Å². The van der Waals surface area contributed by atoms with E-state index in [2.05, 4.69) is 17.5 Å². The zero-order valence-electron chi connectivity index (χ0n) is 9.32. The lowest BCUT2D eigenvalue weighted by atomic mass is 10.1. The topological polar surface area (TPSA) is 36.3 Å². The number of morpholine rings is 1. The number of nitrogens with zero attached hydrogens (tertiary/aromatic N) is 2. The maximum Gasteiger partial charge on any atom is 0.121 e. The first-order valence-corrected chi connectivity index (χ1v) is 5.71. The Kier molecular flexibility index (Phi) is 6.06. The van der Waals surface area contributed by atoms with Crippen LogP contribution < -0.4 is 0 Å². The summed E-state index contributed by atoms with van der Waals surface area (Å²) >= 11 is 0. The van der Waals surface area contributed by atoms with Crippen LogP contribution in [0.5, 0.6) is 0 Å². The van der Waals surface area contributed by atoms with Crippen molar-refractivity contribution in [3.8, 4) is 6.07 Å². The number of rotatable bonds is 6. The van der Waals surface area contributed by atoms with Gasteiger partial charge in [0.15, 0.2) is 0 Å². The van der Waals surface area contributed by atoms with Crippen molar-refractivity contribution < 1.29 is 4.74 Å². The first kappa shape index (κ1) is 12.2. The second-order valence-electron chi connectivity index (χ2n) is 3.89. The zero-order valence-corrected chi connectivity index (χ0v) is 9.32. The molecule has 0 bridgehead atoms. The number of allylic oxidation sites excluding steroid dienone is 1. The minimum atomic E-state index is -0.0295. The number of ether oxygens (including phenoxy) is 1. The highest BCUT2D eigenvalue weighted by molar-refractivity contribution is 4.93. The second-order valence-corrected chi connectivity index (χ2v) is 3.89. The van der Waals surface area contributed by atoms with Crippen molar-refractivity contribution in [1.29, 1.82) is 5.26 Å². The molecule has 0 saturated carbocycles. The van der Waals surface area contributed by atoms with Gasteiger partial charge in [-0.25, -0.2) is 0 Å². The predicted octanol–water partition coefficient (Wildman–Crippen LogP) is 1.96. The van der Waals surface area contributed by atoms with Gasteiger partial charge in [-0.2, -0.15) is 5.26 Å². The van der Waals surface area contributed by atoms with E-state index < -0.39 is 0 Å². The Morgan fingerprint density at radius 1 is 1.47 bits per heavy atom. The molecule has 0 amide bonds. The van der Waals surface area contributed by atoms with Crippen LogP contribution in [0.3, 0.4) is 0 Å². The molecule has 1 fully saturated rings. The summed E-state index contributed by atoms with van der Waals surface area (Å²) < 4.78 is 5.27. The van der Waals surface area contributed by atoms with Crippen molar-refractivity contribution >= 4 is 0 Å². The summed E-state index contributed by atoms with van der Waals surface area (Å²) in [6.45, 7) is 6.97. The van der Waals surface area contributed by atoms with Crippen LogP contribution in [-0.4, -0.2) is 37.2 Å². The smallest absolute Gasteiger partial charge is 0.121 e. The monoisotopic (exact) mass is 208 g/mol. The van der Waals surface area contributed by atoms with Crippen LogP contribution in [0.25, 0.3) is 0 Å².